The third kappa shape index (κ3) is 5.66. The molecule has 0 aliphatic heterocycles. The average molecular weight is 549 g/mol. The monoisotopic (exact) mass is 548 g/mol. The summed E-state index contributed by atoms with van der Waals surface area (Å²) in [6, 6.07) is 25.4. The number of nitro benzene ring substituents is 1. The van der Waals surface area contributed by atoms with Crippen molar-refractivity contribution in [3.05, 3.63) is 123 Å². The third-order valence-corrected chi connectivity index (χ3v) is 6.42. The minimum atomic E-state index is -0.699. The maximum absolute atomic E-state index is 13.2. The van der Waals surface area contributed by atoms with Crippen molar-refractivity contribution in [3.8, 4) is 22.6 Å². The Morgan fingerprint density at radius 3 is 2.41 bits per heavy atom. The number of nitrogens with one attached hydrogen (secondary N) is 2. The van der Waals surface area contributed by atoms with Crippen molar-refractivity contribution in [2.45, 2.75) is 6.92 Å². The molecule has 1 heterocycles. The molecule has 0 bridgehead atoms. The number of hydrogen-bond donors (Lipinski definition) is 2. The van der Waals surface area contributed by atoms with Crippen LogP contribution in [0.2, 0.25) is 0 Å². The number of hydrogen-bond acceptors (Lipinski definition) is 7. The number of hydrazone groups is 1. The highest BCUT2D eigenvalue weighted by molar-refractivity contribution is 6.10. The van der Waals surface area contributed by atoms with Crippen molar-refractivity contribution in [2.24, 2.45) is 5.10 Å². The van der Waals surface area contributed by atoms with Crippen LogP contribution in [0.5, 0.6) is 11.5 Å². The zero-order chi connectivity index (χ0) is 28.9. The molecule has 0 spiro atoms. The van der Waals surface area contributed by atoms with E-state index < -0.39 is 16.8 Å². The number of non-ortho nitro benzene ring substituents is 1. The number of carbonyl (C=O) groups is 2. The maximum atomic E-state index is 13.2. The van der Waals surface area contributed by atoms with Gasteiger partial charge in [0, 0.05) is 28.6 Å². The average Bonchev–Trinajstić information content (AvgIpc) is 3.39. The Morgan fingerprint density at radius 1 is 0.951 bits per heavy atom. The number of H-pyrrole nitrogens is 1. The van der Waals surface area contributed by atoms with Crippen molar-refractivity contribution < 1.29 is 24.0 Å². The van der Waals surface area contributed by atoms with Gasteiger partial charge in [-0.3, -0.25) is 14.9 Å². The van der Waals surface area contributed by atoms with Gasteiger partial charge in [0.25, 0.3) is 11.6 Å². The number of ether oxygens (including phenoxy) is 2. The number of rotatable bonds is 8. The van der Waals surface area contributed by atoms with Crippen molar-refractivity contribution in [1.29, 1.82) is 0 Å². The molecule has 0 aliphatic carbocycles. The minimum Gasteiger partial charge on any atom is -0.493 e. The van der Waals surface area contributed by atoms with E-state index >= 15 is 0 Å². The maximum Gasteiger partial charge on any atom is 0.343 e. The zero-order valence-corrected chi connectivity index (χ0v) is 22.1. The molecule has 10 heteroatoms. The second kappa shape index (κ2) is 11.5. The number of aromatic amines is 1. The Labute approximate surface area is 234 Å². The molecule has 0 radical (unpaired) electrons. The van der Waals surface area contributed by atoms with Gasteiger partial charge in [0.1, 0.15) is 5.69 Å². The van der Waals surface area contributed by atoms with Crippen LogP contribution in [-0.4, -0.2) is 35.1 Å². The summed E-state index contributed by atoms with van der Waals surface area (Å²) in [5, 5.41) is 15.9. The summed E-state index contributed by atoms with van der Waals surface area (Å²) in [6.07, 6.45) is 1.44. The number of methoxy groups -OCH3 is 1. The van der Waals surface area contributed by atoms with Gasteiger partial charge in [-0.25, -0.2) is 10.2 Å². The summed E-state index contributed by atoms with van der Waals surface area (Å²) in [5.41, 5.74) is 7.15. The van der Waals surface area contributed by atoms with Gasteiger partial charge in [-0.1, -0.05) is 48.5 Å². The first-order valence-electron chi connectivity index (χ1n) is 12.5. The fraction of sp³-hybridized carbons (Fsp3) is 0.0645. The standard InChI is InChI=1S/C31H24N4O6/c1-19-7-6-10-24-27(21-8-4-3-5-9-21)29(33-28(19)24)30(36)34-32-18-20-11-16-25(26(17-20)40-2)41-31(37)22-12-14-23(15-13-22)35(38)39/h3-18,33H,1-2H3,(H,34,36). The molecule has 1 aromatic heterocycles. The van der Waals surface area contributed by atoms with E-state index in [-0.39, 0.29) is 22.7 Å². The molecule has 10 nitrogen and oxygen atoms in total. The van der Waals surface area contributed by atoms with Crippen LogP contribution in [0.15, 0.2) is 96.1 Å². The summed E-state index contributed by atoms with van der Waals surface area (Å²) in [6.45, 7) is 1.98. The van der Waals surface area contributed by atoms with Crippen LogP contribution in [0.25, 0.3) is 22.0 Å². The van der Waals surface area contributed by atoms with Crippen LogP contribution >= 0.6 is 0 Å². The Balaban J connectivity index is 1.33. The summed E-state index contributed by atoms with van der Waals surface area (Å²) in [4.78, 5) is 39.3. The second-order valence-electron chi connectivity index (χ2n) is 9.04. The first-order chi connectivity index (χ1) is 19.9. The smallest absolute Gasteiger partial charge is 0.343 e. The molecule has 1 amide bonds. The largest absolute Gasteiger partial charge is 0.493 e. The number of para-hydroxylation sites is 1. The molecule has 5 rings (SSSR count). The highest BCUT2D eigenvalue weighted by Gasteiger charge is 2.20. The normalized spacial score (nSPS) is 11.0. The number of esters is 1. The van der Waals surface area contributed by atoms with Crippen molar-refractivity contribution in [1.82, 2.24) is 10.4 Å². The topological polar surface area (TPSA) is 136 Å². The van der Waals surface area contributed by atoms with E-state index in [0.29, 0.717) is 11.3 Å². The number of benzene rings is 4. The SMILES string of the molecule is COc1cc(C=NNC(=O)c2[nH]c3c(C)cccc3c2-c2ccccc2)ccc1OC(=O)c1ccc([N+](=O)[O-])cc1. The number of carbonyl (C=O) groups excluding carboxylic acids is 2. The molecule has 0 saturated heterocycles. The Morgan fingerprint density at radius 2 is 1.71 bits per heavy atom. The molecule has 4 aromatic carbocycles. The lowest BCUT2D eigenvalue weighted by Crippen LogP contribution is -2.18. The van der Waals surface area contributed by atoms with Crippen LogP contribution in [0.4, 0.5) is 5.69 Å². The highest BCUT2D eigenvalue weighted by atomic mass is 16.6. The molecule has 5 aromatic rings. The predicted molar refractivity (Wildman–Crippen MR) is 155 cm³/mol. The van der Waals surface area contributed by atoms with E-state index in [1.54, 1.807) is 12.1 Å². The molecule has 2 N–H and O–H groups in total. The van der Waals surface area contributed by atoms with Gasteiger partial charge in [-0.15, -0.1) is 0 Å². The van der Waals surface area contributed by atoms with E-state index in [2.05, 4.69) is 15.5 Å². The number of nitro groups is 1. The number of amides is 1. The van der Waals surface area contributed by atoms with Gasteiger partial charge in [-0.2, -0.15) is 5.10 Å². The summed E-state index contributed by atoms with van der Waals surface area (Å²) in [7, 11) is 1.42. The first kappa shape index (κ1) is 26.8. The van der Waals surface area contributed by atoms with Crippen LogP contribution in [0, 0.1) is 17.0 Å². The van der Waals surface area contributed by atoms with E-state index in [0.717, 1.165) is 27.6 Å². The molecule has 0 saturated carbocycles. The molecule has 0 fully saturated rings. The predicted octanol–water partition coefficient (Wildman–Crippen LogP) is 6.04. The van der Waals surface area contributed by atoms with Gasteiger partial charge >= 0.3 is 5.97 Å². The lowest BCUT2D eigenvalue weighted by Gasteiger charge is -2.10. The number of aromatic nitrogens is 1. The molecule has 0 unspecified atom stereocenters. The quantitative estimate of drug-likeness (QED) is 0.0797. The highest BCUT2D eigenvalue weighted by Crippen LogP contribution is 2.34. The molecule has 0 aliphatic rings. The van der Waals surface area contributed by atoms with Crippen LogP contribution in [0.1, 0.15) is 32.0 Å². The van der Waals surface area contributed by atoms with E-state index in [1.165, 1.54) is 43.7 Å². The van der Waals surface area contributed by atoms with Crippen molar-refractivity contribution >= 4 is 34.7 Å². The number of fused-ring (bicyclic) bond motifs is 1. The summed E-state index contributed by atoms with van der Waals surface area (Å²) in [5.74, 6) is -0.697. The minimum absolute atomic E-state index is 0.134. The van der Waals surface area contributed by atoms with Gasteiger partial charge in [0.05, 0.1) is 23.8 Å². The van der Waals surface area contributed by atoms with Crippen LogP contribution in [0.3, 0.4) is 0 Å². The molecule has 204 valence electrons. The van der Waals surface area contributed by atoms with Crippen LogP contribution in [-0.2, 0) is 0 Å². The van der Waals surface area contributed by atoms with E-state index in [4.69, 9.17) is 9.47 Å². The fourth-order valence-electron chi connectivity index (χ4n) is 4.39. The second-order valence-corrected chi connectivity index (χ2v) is 9.04. The van der Waals surface area contributed by atoms with Gasteiger partial charge in [-0.05, 0) is 53.9 Å². The van der Waals surface area contributed by atoms with Gasteiger partial charge < -0.3 is 14.5 Å². The van der Waals surface area contributed by atoms with Gasteiger partial charge in [0.15, 0.2) is 11.5 Å². The number of aryl methyl sites for hydroxylation is 1. The Bertz CT molecular complexity index is 1790. The lowest BCUT2D eigenvalue weighted by atomic mass is 10.0. The third-order valence-electron chi connectivity index (χ3n) is 6.42. The Kier molecular flexibility index (Phi) is 7.55. The van der Waals surface area contributed by atoms with Gasteiger partial charge in [0.2, 0.25) is 0 Å². The summed E-state index contributed by atoms with van der Waals surface area (Å²) >= 11 is 0. The molecular formula is C31H24N4O6. The van der Waals surface area contributed by atoms with E-state index in [9.17, 15) is 19.7 Å². The Hall–Kier alpha value is -5.77. The number of nitrogens with zero attached hydrogens (tertiary/aromatic N) is 2. The molecule has 0 atom stereocenters. The molecular weight excluding hydrogens is 524 g/mol. The van der Waals surface area contributed by atoms with Crippen molar-refractivity contribution in [3.63, 3.8) is 0 Å². The summed E-state index contributed by atoms with van der Waals surface area (Å²) < 4.78 is 10.8. The van der Waals surface area contributed by atoms with Crippen LogP contribution < -0.4 is 14.9 Å². The van der Waals surface area contributed by atoms with Crippen molar-refractivity contribution in [2.75, 3.05) is 7.11 Å². The van der Waals surface area contributed by atoms with E-state index in [1.807, 2.05) is 55.5 Å². The zero-order valence-electron chi connectivity index (χ0n) is 22.1. The lowest BCUT2D eigenvalue weighted by molar-refractivity contribution is -0.384. The first-order valence-corrected chi connectivity index (χ1v) is 12.5. The molecule has 41 heavy (non-hydrogen) atoms. The fourth-order valence-corrected chi connectivity index (χ4v) is 4.39.